The first-order chi connectivity index (χ1) is 45.4. The Labute approximate surface area is 540 Å². The molecule has 0 bridgehead atoms. The lowest BCUT2D eigenvalue weighted by atomic mass is 9.84. The molecule has 0 amide bonds. The SMILES string of the molecule is CCN(CC)c1ccc(C(c2ccc3c(c2)c2ccccc2n3CC)c2ccc3c(c2)c2ccccc2n3CC)cc1.CCn1c2ccccc2c2cc(C(c3ccc(N(c4ccccc4)c4ccccc4)cc3)c3ccc4c(c3)c3ccccc3n4CC)ccc21. The number of anilines is 4. The molecule has 16 aromatic rings. The van der Waals surface area contributed by atoms with E-state index in [-0.39, 0.29) is 11.8 Å². The van der Waals surface area contributed by atoms with Crippen LogP contribution < -0.4 is 9.80 Å². The fourth-order valence-electron chi connectivity index (χ4n) is 15.4. The molecule has 0 radical (unpaired) electrons. The summed E-state index contributed by atoms with van der Waals surface area (Å²) >= 11 is 0. The Balaban J connectivity index is 0.000000155. The Bertz CT molecular complexity index is 5030. The molecule has 0 unspecified atom stereocenters. The smallest absolute Gasteiger partial charge is 0.0491 e. The molecule has 0 aliphatic heterocycles. The Morgan fingerprint density at radius 3 is 0.750 bits per heavy atom. The molecule has 0 aliphatic rings. The second-order valence-electron chi connectivity index (χ2n) is 24.4. The van der Waals surface area contributed by atoms with E-state index in [0.29, 0.717) is 0 Å². The van der Waals surface area contributed by atoms with Crippen molar-refractivity contribution in [1.82, 2.24) is 18.3 Å². The van der Waals surface area contributed by atoms with Gasteiger partial charge in [0.25, 0.3) is 0 Å². The number of para-hydroxylation sites is 6. The maximum Gasteiger partial charge on any atom is 0.0491 e. The van der Waals surface area contributed by atoms with E-state index in [1.54, 1.807) is 0 Å². The zero-order valence-corrected chi connectivity index (χ0v) is 53.6. The van der Waals surface area contributed by atoms with E-state index in [1.807, 2.05) is 0 Å². The van der Waals surface area contributed by atoms with Crippen LogP contribution in [0.4, 0.5) is 22.7 Å². The van der Waals surface area contributed by atoms with Crippen molar-refractivity contribution >= 4 is 110 Å². The van der Waals surface area contributed by atoms with Gasteiger partial charge in [-0.1, -0.05) is 158 Å². The maximum absolute atomic E-state index is 2.45. The van der Waals surface area contributed by atoms with Crippen LogP contribution >= 0.6 is 0 Å². The molecule has 4 heterocycles. The molecule has 16 rings (SSSR count). The highest BCUT2D eigenvalue weighted by Gasteiger charge is 2.25. The van der Waals surface area contributed by atoms with Crippen molar-refractivity contribution < 1.29 is 0 Å². The zero-order valence-electron chi connectivity index (χ0n) is 53.6. The Morgan fingerprint density at radius 1 is 0.228 bits per heavy atom. The van der Waals surface area contributed by atoms with Gasteiger partial charge in [0.2, 0.25) is 0 Å². The lowest BCUT2D eigenvalue weighted by Crippen LogP contribution is -2.21. The molecule has 0 N–H and O–H groups in total. The predicted octanol–water partition coefficient (Wildman–Crippen LogP) is 22.6. The van der Waals surface area contributed by atoms with E-state index in [2.05, 4.69) is 349 Å². The second kappa shape index (κ2) is 24.7. The van der Waals surface area contributed by atoms with Crippen LogP contribution in [0, 0.1) is 0 Å². The first-order valence-corrected chi connectivity index (χ1v) is 33.3. The number of hydrogen-bond acceptors (Lipinski definition) is 2. The second-order valence-corrected chi connectivity index (χ2v) is 24.4. The molecule has 6 nitrogen and oxygen atoms in total. The summed E-state index contributed by atoms with van der Waals surface area (Å²) in [6.07, 6.45) is 0. The number of aromatic nitrogens is 4. The lowest BCUT2D eigenvalue weighted by Gasteiger charge is -2.26. The van der Waals surface area contributed by atoms with Gasteiger partial charge >= 0.3 is 0 Å². The highest BCUT2D eigenvalue weighted by atomic mass is 15.1. The van der Waals surface area contributed by atoms with Crippen LogP contribution in [0.1, 0.15) is 86.8 Å². The van der Waals surface area contributed by atoms with Crippen LogP contribution in [-0.2, 0) is 26.2 Å². The molecular formula is C86H78N6. The van der Waals surface area contributed by atoms with Crippen molar-refractivity contribution in [3.63, 3.8) is 0 Å². The minimum Gasteiger partial charge on any atom is -0.372 e. The van der Waals surface area contributed by atoms with Crippen LogP contribution in [0.5, 0.6) is 0 Å². The molecular weight excluding hydrogens is 1120 g/mol. The molecule has 92 heavy (non-hydrogen) atoms. The highest BCUT2D eigenvalue weighted by Crippen LogP contribution is 2.44. The van der Waals surface area contributed by atoms with Crippen LogP contribution in [-0.4, -0.2) is 31.4 Å². The third kappa shape index (κ3) is 9.97. The normalized spacial score (nSPS) is 11.8. The number of rotatable bonds is 16. The van der Waals surface area contributed by atoms with Crippen molar-refractivity contribution in [2.24, 2.45) is 0 Å². The van der Waals surface area contributed by atoms with Gasteiger partial charge in [0.15, 0.2) is 0 Å². The fourth-order valence-corrected chi connectivity index (χ4v) is 15.4. The number of nitrogens with zero attached hydrogens (tertiary/aromatic N) is 6. The van der Waals surface area contributed by atoms with Crippen LogP contribution in [0.2, 0.25) is 0 Å². The molecule has 0 spiro atoms. The third-order valence-corrected chi connectivity index (χ3v) is 19.7. The molecule has 0 aliphatic carbocycles. The summed E-state index contributed by atoms with van der Waals surface area (Å²) in [4.78, 5) is 4.74. The third-order valence-electron chi connectivity index (χ3n) is 19.7. The van der Waals surface area contributed by atoms with Crippen molar-refractivity contribution in [2.75, 3.05) is 22.9 Å². The molecule has 6 heteroatoms. The van der Waals surface area contributed by atoms with Crippen LogP contribution in [0.15, 0.2) is 279 Å². The summed E-state index contributed by atoms with van der Waals surface area (Å²) in [5.41, 5.74) is 22.9. The van der Waals surface area contributed by atoms with Gasteiger partial charge in [0, 0.05) is 161 Å². The number of hydrogen-bond donors (Lipinski definition) is 0. The molecule has 0 saturated carbocycles. The van der Waals surface area contributed by atoms with Crippen molar-refractivity contribution in [3.8, 4) is 0 Å². The average Bonchev–Trinajstić information content (AvgIpc) is 1.60. The number of fused-ring (bicyclic) bond motifs is 12. The van der Waals surface area contributed by atoms with Gasteiger partial charge in [-0.15, -0.1) is 0 Å². The molecule has 0 fully saturated rings. The standard InChI is InChI=1S/C47H39N3.C39H39N3/c1-3-48-43-21-13-11-19-39(43)41-31-34(25-29-45(41)48)47(35-26-30-46-42(32-35)40-20-12-14-22-44(40)49(46)4-2)33-23-27-38(28-24-33)50(36-15-7-5-8-16-36)37-17-9-6-10-18-37;1-5-40(6-2)30-21-17-27(18-22-30)39(28-19-23-37-33(25-28)31-13-9-11-15-35(31)41(37)7-3)29-20-24-38-34(26-29)32-14-10-12-16-36(32)42(38)8-4/h5-32,47H,3-4H2,1-2H3;9-26,39H,5-8H2,1-4H3. The first kappa shape index (κ1) is 57.9. The van der Waals surface area contributed by atoms with Crippen molar-refractivity contribution in [3.05, 3.63) is 312 Å². The largest absolute Gasteiger partial charge is 0.372 e. The Hall–Kier alpha value is -10.6. The summed E-state index contributed by atoms with van der Waals surface area (Å²) in [5.74, 6) is 0.171. The van der Waals surface area contributed by atoms with Crippen LogP contribution in [0.25, 0.3) is 87.2 Å². The summed E-state index contributed by atoms with van der Waals surface area (Å²) in [6.45, 7) is 19.2. The number of benzene rings is 12. The minimum absolute atomic E-state index is 0.0484. The van der Waals surface area contributed by atoms with Crippen molar-refractivity contribution in [1.29, 1.82) is 0 Å². The fraction of sp³-hybridized carbons (Fsp3) is 0.163. The molecule has 452 valence electrons. The molecule has 0 atom stereocenters. The van der Waals surface area contributed by atoms with E-state index in [9.17, 15) is 0 Å². The molecule has 0 saturated heterocycles. The van der Waals surface area contributed by atoms with Gasteiger partial charge < -0.3 is 28.1 Å². The van der Waals surface area contributed by atoms with E-state index in [4.69, 9.17) is 0 Å². The molecule has 12 aromatic carbocycles. The monoisotopic (exact) mass is 1190 g/mol. The summed E-state index contributed by atoms with van der Waals surface area (Å²) in [5, 5.41) is 10.6. The van der Waals surface area contributed by atoms with E-state index < -0.39 is 0 Å². The first-order valence-electron chi connectivity index (χ1n) is 33.3. The molecule has 4 aromatic heterocycles. The maximum atomic E-state index is 2.45. The summed E-state index contributed by atoms with van der Waals surface area (Å²) in [7, 11) is 0. The lowest BCUT2D eigenvalue weighted by molar-refractivity contribution is 0.826. The van der Waals surface area contributed by atoms with Crippen LogP contribution in [0.3, 0.4) is 0 Å². The Morgan fingerprint density at radius 2 is 0.467 bits per heavy atom. The van der Waals surface area contributed by atoms with E-state index in [0.717, 1.165) is 56.3 Å². The van der Waals surface area contributed by atoms with E-state index >= 15 is 0 Å². The van der Waals surface area contributed by atoms with Gasteiger partial charge in [-0.25, -0.2) is 0 Å². The van der Waals surface area contributed by atoms with Crippen molar-refractivity contribution in [2.45, 2.75) is 79.6 Å². The summed E-state index contributed by atoms with van der Waals surface area (Å²) < 4.78 is 9.75. The van der Waals surface area contributed by atoms with Gasteiger partial charge in [-0.05, 0) is 196 Å². The van der Waals surface area contributed by atoms with Gasteiger partial charge in [-0.3, -0.25) is 0 Å². The number of aryl methyl sites for hydroxylation is 4. The average molecular weight is 1200 g/mol. The topological polar surface area (TPSA) is 26.2 Å². The predicted molar refractivity (Wildman–Crippen MR) is 393 cm³/mol. The summed E-state index contributed by atoms with van der Waals surface area (Å²) in [6, 6.07) is 104. The van der Waals surface area contributed by atoms with Gasteiger partial charge in [0.05, 0.1) is 0 Å². The Kier molecular flexibility index (Phi) is 15.5. The highest BCUT2D eigenvalue weighted by molar-refractivity contribution is 6.11. The zero-order chi connectivity index (χ0) is 62.4. The van der Waals surface area contributed by atoms with Gasteiger partial charge in [0.1, 0.15) is 0 Å². The minimum atomic E-state index is 0.0484. The van der Waals surface area contributed by atoms with E-state index in [1.165, 1.54) is 126 Å². The van der Waals surface area contributed by atoms with Gasteiger partial charge in [-0.2, -0.15) is 0 Å². The quantitative estimate of drug-likeness (QED) is 0.0901.